The van der Waals surface area contributed by atoms with Crippen molar-refractivity contribution in [3.8, 4) is 0 Å². The summed E-state index contributed by atoms with van der Waals surface area (Å²) in [5.41, 5.74) is 0. The van der Waals surface area contributed by atoms with E-state index < -0.39 is 0 Å². The Balaban J connectivity index is 3.34. The molecule has 1 amide bonds. The van der Waals surface area contributed by atoms with Gasteiger partial charge in [0.25, 0.3) is 0 Å². The van der Waals surface area contributed by atoms with Crippen LogP contribution in [0.1, 0.15) is 13.3 Å². The summed E-state index contributed by atoms with van der Waals surface area (Å²) in [7, 11) is 3.83. The molecule has 0 radical (unpaired) electrons. The molecule has 0 aromatic heterocycles. The molecule has 0 saturated heterocycles. The molecular formula is C10H23N3O2. The van der Waals surface area contributed by atoms with Gasteiger partial charge in [-0.1, -0.05) is 0 Å². The van der Waals surface area contributed by atoms with Crippen LogP contribution < -0.4 is 10.6 Å². The summed E-state index contributed by atoms with van der Waals surface area (Å²) in [6, 6.07) is 0. The summed E-state index contributed by atoms with van der Waals surface area (Å²) in [6.45, 7) is 4.33. The molecule has 0 heterocycles. The van der Waals surface area contributed by atoms with Gasteiger partial charge >= 0.3 is 0 Å². The molecule has 1 atom stereocenters. The zero-order valence-corrected chi connectivity index (χ0v) is 9.92. The maximum absolute atomic E-state index is 11.0. The quantitative estimate of drug-likeness (QED) is 0.458. The molecule has 0 aromatic carbocycles. The molecule has 0 fully saturated rings. The van der Waals surface area contributed by atoms with E-state index in [9.17, 15) is 9.90 Å². The Bertz CT molecular complexity index is 174. The molecular weight excluding hydrogens is 194 g/mol. The van der Waals surface area contributed by atoms with Crippen LogP contribution in [-0.4, -0.2) is 62.3 Å². The molecule has 0 bridgehead atoms. The van der Waals surface area contributed by atoms with E-state index in [0.29, 0.717) is 32.6 Å². The van der Waals surface area contributed by atoms with E-state index >= 15 is 0 Å². The molecule has 90 valence electrons. The van der Waals surface area contributed by atoms with Crippen molar-refractivity contribution in [2.75, 3.05) is 40.3 Å². The number of likely N-dealkylation sites (N-methyl/N-ethyl adjacent to an activating group) is 1. The first-order chi connectivity index (χ1) is 7.06. The van der Waals surface area contributed by atoms with Crippen molar-refractivity contribution in [3.63, 3.8) is 0 Å². The molecule has 0 rings (SSSR count). The topological polar surface area (TPSA) is 64.6 Å². The molecule has 5 nitrogen and oxygen atoms in total. The van der Waals surface area contributed by atoms with Gasteiger partial charge in [0.15, 0.2) is 0 Å². The molecule has 0 aromatic rings. The van der Waals surface area contributed by atoms with E-state index in [1.54, 1.807) is 0 Å². The Labute approximate surface area is 91.8 Å². The normalized spacial score (nSPS) is 12.9. The lowest BCUT2D eigenvalue weighted by Crippen LogP contribution is -2.36. The maximum atomic E-state index is 11.0. The molecule has 5 heteroatoms. The SMILES string of the molecule is CCNC(=O)CCNCC(O)CN(C)C. The van der Waals surface area contributed by atoms with Crippen molar-refractivity contribution in [1.82, 2.24) is 15.5 Å². The predicted molar refractivity (Wildman–Crippen MR) is 60.7 cm³/mol. The largest absolute Gasteiger partial charge is 0.390 e. The van der Waals surface area contributed by atoms with Crippen molar-refractivity contribution < 1.29 is 9.90 Å². The fourth-order valence-electron chi connectivity index (χ4n) is 1.24. The lowest BCUT2D eigenvalue weighted by atomic mass is 10.3. The van der Waals surface area contributed by atoms with Gasteiger partial charge in [0, 0.05) is 32.6 Å². The van der Waals surface area contributed by atoms with Crippen LogP contribution in [0.5, 0.6) is 0 Å². The second-order valence-corrected chi connectivity index (χ2v) is 3.82. The van der Waals surface area contributed by atoms with Crippen LogP contribution in [0.2, 0.25) is 0 Å². The van der Waals surface area contributed by atoms with Gasteiger partial charge in [-0.05, 0) is 21.0 Å². The number of nitrogens with zero attached hydrogens (tertiary/aromatic N) is 1. The average Bonchev–Trinajstić information content (AvgIpc) is 2.12. The highest BCUT2D eigenvalue weighted by atomic mass is 16.3. The minimum absolute atomic E-state index is 0.0482. The third-order valence-electron chi connectivity index (χ3n) is 1.86. The number of amides is 1. The van der Waals surface area contributed by atoms with Gasteiger partial charge in [0.2, 0.25) is 5.91 Å². The lowest BCUT2D eigenvalue weighted by Gasteiger charge is -2.16. The van der Waals surface area contributed by atoms with Gasteiger partial charge in [-0.2, -0.15) is 0 Å². The first kappa shape index (κ1) is 14.3. The number of hydrogen-bond acceptors (Lipinski definition) is 4. The van der Waals surface area contributed by atoms with Crippen LogP contribution in [0.15, 0.2) is 0 Å². The Morgan fingerprint density at radius 3 is 2.67 bits per heavy atom. The van der Waals surface area contributed by atoms with Crippen molar-refractivity contribution in [2.24, 2.45) is 0 Å². The summed E-state index contributed by atoms with van der Waals surface area (Å²) in [4.78, 5) is 13.0. The molecule has 0 saturated carbocycles. The van der Waals surface area contributed by atoms with Gasteiger partial charge in [0.05, 0.1) is 6.10 Å². The highest BCUT2D eigenvalue weighted by Gasteiger charge is 2.05. The number of carbonyl (C=O) groups excluding carboxylic acids is 1. The maximum Gasteiger partial charge on any atom is 0.221 e. The summed E-state index contributed by atoms with van der Waals surface area (Å²) in [5.74, 6) is 0.0482. The molecule has 0 aliphatic rings. The van der Waals surface area contributed by atoms with Gasteiger partial charge in [-0.15, -0.1) is 0 Å². The third-order valence-corrected chi connectivity index (χ3v) is 1.86. The monoisotopic (exact) mass is 217 g/mol. The smallest absolute Gasteiger partial charge is 0.221 e. The van der Waals surface area contributed by atoms with Gasteiger partial charge in [0.1, 0.15) is 0 Å². The van der Waals surface area contributed by atoms with E-state index in [1.165, 1.54) is 0 Å². The van der Waals surface area contributed by atoms with Crippen molar-refractivity contribution in [1.29, 1.82) is 0 Å². The standard InChI is InChI=1S/C10H23N3O2/c1-4-12-10(15)5-6-11-7-9(14)8-13(2)3/h9,11,14H,4-8H2,1-3H3,(H,12,15). The molecule has 15 heavy (non-hydrogen) atoms. The van der Waals surface area contributed by atoms with Crippen LogP contribution in [0.25, 0.3) is 0 Å². The summed E-state index contributed by atoms with van der Waals surface area (Å²) >= 11 is 0. The number of aliphatic hydroxyl groups excluding tert-OH is 1. The number of carbonyl (C=O) groups is 1. The van der Waals surface area contributed by atoms with E-state index in [0.717, 1.165) is 0 Å². The highest BCUT2D eigenvalue weighted by molar-refractivity contribution is 5.75. The fraction of sp³-hybridized carbons (Fsp3) is 0.900. The summed E-state index contributed by atoms with van der Waals surface area (Å²) < 4.78 is 0. The van der Waals surface area contributed by atoms with Gasteiger partial charge < -0.3 is 20.6 Å². The minimum Gasteiger partial charge on any atom is -0.390 e. The van der Waals surface area contributed by atoms with Crippen molar-refractivity contribution in [2.45, 2.75) is 19.4 Å². The van der Waals surface area contributed by atoms with Crippen LogP contribution in [0.3, 0.4) is 0 Å². The third kappa shape index (κ3) is 9.65. The Hall–Kier alpha value is -0.650. The average molecular weight is 217 g/mol. The Morgan fingerprint density at radius 1 is 1.47 bits per heavy atom. The zero-order valence-electron chi connectivity index (χ0n) is 9.92. The second-order valence-electron chi connectivity index (χ2n) is 3.82. The highest BCUT2D eigenvalue weighted by Crippen LogP contribution is 1.84. The van der Waals surface area contributed by atoms with Gasteiger partial charge in [-0.3, -0.25) is 4.79 Å². The Morgan fingerprint density at radius 2 is 2.13 bits per heavy atom. The number of nitrogens with one attached hydrogen (secondary N) is 2. The lowest BCUT2D eigenvalue weighted by molar-refractivity contribution is -0.120. The molecule has 1 unspecified atom stereocenters. The van der Waals surface area contributed by atoms with Crippen LogP contribution in [0, 0.1) is 0 Å². The second kappa shape index (κ2) is 8.64. The number of rotatable bonds is 8. The first-order valence-electron chi connectivity index (χ1n) is 5.36. The molecule has 3 N–H and O–H groups in total. The molecule has 0 aliphatic carbocycles. The fourth-order valence-corrected chi connectivity index (χ4v) is 1.24. The van der Waals surface area contributed by atoms with Crippen molar-refractivity contribution in [3.05, 3.63) is 0 Å². The molecule has 0 aliphatic heterocycles. The first-order valence-corrected chi connectivity index (χ1v) is 5.36. The summed E-state index contributed by atoms with van der Waals surface area (Å²) in [5, 5.41) is 15.2. The summed E-state index contributed by atoms with van der Waals surface area (Å²) in [6.07, 6.45) is 0.0805. The van der Waals surface area contributed by atoms with E-state index in [1.807, 2.05) is 25.9 Å². The number of aliphatic hydroxyl groups is 1. The van der Waals surface area contributed by atoms with Crippen LogP contribution >= 0.6 is 0 Å². The van der Waals surface area contributed by atoms with Gasteiger partial charge in [-0.25, -0.2) is 0 Å². The van der Waals surface area contributed by atoms with Crippen LogP contribution in [0.4, 0.5) is 0 Å². The molecule has 0 spiro atoms. The van der Waals surface area contributed by atoms with E-state index in [2.05, 4.69) is 10.6 Å². The van der Waals surface area contributed by atoms with E-state index in [4.69, 9.17) is 0 Å². The minimum atomic E-state index is -0.380. The zero-order chi connectivity index (χ0) is 11.7. The predicted octanol–water partition coefficient (Wildman–Crippen LogP) is -0.975. The van der Waals surface area contributed by atoms with Crippen molar-refractivity contribution >= 4 is 5.91 Å². The Kier molecular flexibility index (Phi) is 8.27. The van der Waals surface area contributed by atoms with E-state index in [-0.39, 0.29) is 12.0 Å². The number of hydrogen-bond donors (Lipinski definition) is 3. The van der Waals surface area contributed by atoms with Crippen LogP contribution in [-0.2, 0) is 4.79 Å².